The molecule has 0 unspecified atom stereocenters. The van der Waals surface area contributed by atoms with E-state index < -0.39 is 0 Å². The maximum atomic E-state index is 13.1. The average Bonchev–Trinajstić information content (AvgIpc) is 3.20. The van der Waals surface area contributed by atoms with Crippen LogP contribution in [0.1, 0.15) is 24.2 Å². The molecule has 31 heavy (non-hydrogen) atoms. The number of piperidine rings is 1. The van der Waals surface area contributed by atoms with Gasteiger partial charge in [-0.3, -0.25) is 9.69 Å². The highest BCUT2D eigenvalue weighted by Crippen LogP contribution is 2.24. The van der Waals surface area contributed by atoms with Crippen molar-refractivity contribution >= 4 is 17.4 Å². The summed E-state index contributed by atoms with van der Waals surface area (Å²) in [7, 11) is 0. The first-order valence-electron chi connectivity index (χ1n) is 11.2. The first-order valence-corrected chi connectivity index (χ1v) is 11.2. The molecule has 0 N–H and O–H groups in total. The number of benzene rings is 1. The number of aryl methyl sites for hydroxylation is 1. The molecular formula is C23H29N7O. The van der Waals surface area contributed by atoms with Crippen LogP contribution in [0.25, 0.3) is 5.65 Å². The van der Waals surface area contributed by atoms with Gasteiger partial charge in [-0.05, 0) is 37.5 Å². The Bertz CT molecular complexity index is 1030. The van der Waals surface area contributed by atoms with Gasteiger partial charge in [-0.15, -0.1) is 15.3 Å². The molecule has 0 aliphatic carbocycles. The Kier molecular flexibility index (Phi) is 5.55. The molecule has 0 saturated carbocycles. The van der Waals surface area contributed by atoms with Crippen molar-refractivity contribution in [1.29, 1.82) is 0 Å². The van der Waals surface area contributed by atoms with E-state index in [0.29, 0.717) is 5.91 Å². The predicted molar refractivity (Wildman–Crippen MR) is 119 cm³/mol. The lowest BCUT2D eigenvalue weighted by molar-refractivity contribution is -0.138. The zero-order chi connectivity index (χ0) is 21.2. The van der Waals surface area contributed by atoms with E-state index in [1.807, 2.05) is 19.1 Å². The molecule has 162 valence electrons. The summed E-state index contributed by atoms with van der Waals surface area (Å²) in [5.41, 5.74) is 2.10. The molecule has 8 heteroatoms. The van der Waals surface area contributed by atoms with Crippen LogP contribution >= 0.6 is 0 Å². The fraction of sp³-hybridized carbons (Fsp3) is 0.478. The Balaban J connectivity index is 1.13. The minimum absolute atomic E-state index is 0.123. The highest BCUT2D eigenvalue weighted by atomic mass is 16.2. The van der Waals surface area contributed by atoms with Gasteiger partial charge in [-0.2, -0.15) is 4.52 Å². The molecule has 2 aliphatic rings. The van der Waals surface area contributed by atoms with Gasteiger partial charge < -0.3 is 9.80 Å². The van der Waals surface area contributed by atoms with Gasteiger partial charge in [-0.25, -0.2) is 0 Å². The van der Waals surface area contributed by atoms with Crippen LogP contribution in [0.5, 0.6) is 0 Å². The van der Waals surface area contributed by atoms with E-state index in [9.17, 15) is 4.79 Å². The minimum atomic E-state index is 0.123. The molecule has 2 fully saturated rings. The lowest BCUT2D eigenvalue weighted by Crippen LogP contribution is -2.51. The molecule has 5 rings (SSSR count). The van der Waals surface area contributed by atoms with Crippen LogP contribution in [-0.2, 0) is 11.3 Å². The van der Waals surface area contributed by atoms with Crippen molar-refractivity contribution in [3.8, 4) is 0 Å². The summed E-state index contributed by atoms with van der Waals surface area (Å²) < 4.78 is 1.78. The fourth-order valence-corrected chi connectivity index (χ4v) is 4.64. The smallest absolute Gasteiger partial charge is 0.225 e. The number of nitrogens with zero attached hydrogens (tertiary/aromatic N) is 7. The SMILES string of the molecule is Cc1nnc2ccc(N3CCC(C(=O)N4CCN(Cc5ccccc5)CC4)CC3)nn12. The lowest BCUT2D eigenvalue weighted by atomic mass is 9.95. The monoisotopic (exact) mass is 419 g/mol. The molecule has 2 saturated heterocycles. The Morgan fingerprint density at radius 3 is 2.42 bits per heavy atom. The van der Waals surface area contributed by atoms with Gasteiger partial charge in [0.1, 0.15) is 5.82 Å². The molecule has 2 aromatic heterocycles. The molecule has 1 amide bonds. The lowest BCUT2D eigenvalue weighted by Gasteiger charge is -2.38. The second-order valence-electron chi connectivity index (χ2n) is 8.56. The molecular weight excluding hydrogens is 390 g/mol. The largest absolute Gasteiger partial charge is 0.355 e. The number of anilines is 1. The molecule has 0 radical (unpaired) electrons. The van der Waals surface area contributed by atoms with Crippen molar-refractivity contribution in [2.45, 2.75) is 26.3 Å². The van der Waals surface area contributed by atoms with Crippen LogP contribution in [0.15, 0.2) is 42.5 Å². The second-order valence-corrected chi connectivity index (χ2v) is 8.56. The fourth-order valence-electron chi connectivity index (χ4n) is 4.64. The van der Waals surface area contributed by atoms with Crippen LogP contribution in [0.3, 0.4) is 0 Å². The number of hydrogen-bond donors (Lipinski definition) is 0. The maximum absolute atomic E-state index is 13.1. The quantitative estimate of drug-likeness (QED) is 0.644. The molecule has 0 spiro atoms. The van der Waals surface area contributed by atoms with E-state index in [0.717, 1.165) is 75.9 Å². The van der Waals surface area contributed by atoms with Crippen molar-refractivity contribution in [2.24, 2.45) is 5.92 Å². The maximum Gasteiger partial charge on any atom is 0.225 e. The third-order valence-electron chi connectivity index (χ3n) is 6.51. The van der Waals surface area contributed by atoms with Crippen molar-refractivity contribution in [1.82, 2.24) is 29.6 Å². The van der Waals surface area contributed by atoms with Crippen LogP contribution in [-0.4, -0.2) is 74.8 Å². The summed E-state index contributed by atoms with van der Waals surface area (Å²) in [6.07, 6.45) is 1.76. The van der Waals surface area contributed by atoms with Gasteiger partial charge in [0.2, 0.25) is 5.91 Å². The normalized spacial score (nSPS) is 18.6. The number of amides is 1. The van der Waals surface area contributed by atoms with Crippen LogP contribution in [0.2, 0.25) is 0 Å². The topological polar surface area (TPSA) is 69.9 Å². The average molecular weight is 420 g/mol. The van der Waals surface area contributed by atoms with Gasteiger partial charge in [0.05, 0.1) is 0 Å². The predicted octanol–water partition coefficient (Wildman–Crippen LogP) is 1.99. The molecule has 0 atom stereocenters. The standard InChI is InChI=1S/C23H29N7O/c1-18-24-25-21-7-8-22(26-30(18)21)28-11-9-20(10-12-28)23(31)29-15-13-27(14-16-29)17-19-5-3-2-4-6-19/h2-8,20H,9-17H2,1H3. The summed E-state index contributed by atoms with van der Waals surface area (Å²) in [5.74, 6) is 2.17. The van der Waals surface area contributed by atoms with E-state index in [1.165, 1.54) is 5.56 Å². The number of piperazine rings is 1. The van der Waals surface area contributed by atoms with Gasteiger partial charge >= 0.3 is 0 Å². The van der Waals surface area contributed by atoms with Gasteiger partial charge in [-0.1, -0.05) is 30.3 Å². The number of carbonyl (C=O) groups excluding carboxylic acids is 1. The molecule has 8 nitrogen and oxygen atoms in total. The molecule has 3 aromatic rings. The van der Waals surface area contributed by atoms with E-state index in [4.69, 9.17) is 0 Å². The highest BCUT2D eigenvalue weighted by Gasteiger charge is 2.31. The third kappa shape index (κ3) is 4.25. The molecule has 2 aliphatic heterocycles. The molecule has 1 aromatic carbocycles. The van der Waals surface area contributed by atoms with Gasteiger partial charge in [0.25, 0.3) is 0 Å². The number of hydrogen-bond acceptors (Lipinski definition) is 6. The van der Waals surface area contributed by atoms with E-state index >= 15 is 0 Å². The first kappa shape index (κ1) is 19.9. The third-order valence-corrected chi connectivity index (χ3v) is 6.51. The minimum Gasteiger partial charge on any atom is -0.355 e. The zero-order valence-corrected chi connectivity index (χ0v) is 18.0. The second kappa shape index (κ2) is 8.63. The highest BCUT2D eigenvalue weighted by molar-refractivity contribution is 5.79. The van der Waals surface area contributed by atoms with Gasteiger partial charge in [0, 0.05) is 51.7 Å². The Morgan fingerprint density at radius 2 is 1.68 bits per heavy atom. The van der Waals surface area contributed by atoms with Crippen molar-refractivity contribution < 1.29 is 4.79 Å². The number of carbonyl (C=O) groups is 1. The Morgan fingerprint density at radius 1 is 0.935 bits per heavy atom. The number of aromatic nitrogens is 4. The van der Waals surface area contributed by atoms with Crippen LogP contribution < -0.4 is 4.90 Å². The Hall–Kier alpha value is -3.00. The van der Waals surface area contributed by atoms with Crippen molar-refractivity contribution in [3.63, 3.8) is 0 Å². The number of rotatable bonds is 4. The summed E-state index contributed by atoms with van der Waals surface area (Å²) >= 11 is 0. The van der Waals surface area contributed by atoms with E-state index in [1.54, 1.807) is 4.52 Å². The van der Waals surface area contributed by atoms with Gasteiger partial charge in [0.15, 0.2) is 11.5 Å². The van der Waals surface area contributed by atoms with Crippen molar-refractivity contribution in [2.75, 3.05) is 44.2 Å². The zero-order valence-electron chi connectivity index (χ0n) is 18.0. The van der Waals surface area contributed by atoms with E-state index in [-0.39, 0.29) is 5.92 Å². The molecule has 4 heterocycles. The first-order chi connectivity index (χ1) is 15.2. The van der Waals surface area contributed by atoms with Crippen LogP contribution in [0.4, 0.5) is 5.82 Å². The number of fused-ring (bicyclic) bond motifs is 1. The molecule has 0 bridgehead atoms. The summed E-state index contributed by atoms with van der Waals surface area (Å²) in [5, 5.41) is 12.9. The van der Waals surface area contributed by atoms with Crippen molar-refractivity contribution in [3.05, 3.63) is 53.9 Å². The van der Waals surface area contributed by atoms with Crippen LogP contribution in [0, 0.1) is 12.8 Å². The Labute approximate surface area is 182 Å². The van der Waals surface area contributed by atoms with E-state index in [2.05, 4.69) is 60.3 Å². The summed E-state index contributed by atoms with van der Waals surface area (Å²) in [6, 6.07) is 14.5. The summed E-state index contributed by atoms with van der Waals surface area (Å²) in [4.78, 5) is 19.9. The summed E-state index contributed by atoms with van der Waals surface area (Å²) in [6.45, 7) is 8.12.